The maximum absolute atomic E-state index is 12.9. The lowest BCUT2D eigenvalue weighted by Gasteiger charge is -2.21. The normalized spacial score (nSPS) is 12.3. The number of para-hydroxylation sites is 1. The molecule has 0 amide bonds. The van der Waals surface area contributed by atoms with Crippen molar-refractivity contribution in [1.82, 2.24) is 0 Å². The van der Waals surface area contributed by atoms with Crippen molar-refractivity contribution in [3.05, 3.63) is 82.9 Å². The van der Waals surface area contributed by atoms with Crippen LogP contribution in [0.2, 0.25) is 0 Å². The molecule has 0 radical (unpaired) electrons. The van der Waals surface area contributed by atoms with Gasteiger partial charge >= 0.3 is 0 Å². The van der Waals surface area contributed by atoms with Crippen LogP contribution in [-0.2, 0) is 0 Å². The van der Waals surface area contributed by atoms with E-state index >= 15 is 0 Å². The molecule has 0 atom stereocenters. The Kier molecular flexibility index (Phi) is 4.45. The van der Waals surface area contributed by atoms with E-state index in [1.807, 2.05) is 30.3 Å². The number of hydrogen-bond acceptors (Lipinski definition) is 6. The fourth-order valence-corrected chi connectivity index (χ4v) is 3.31. The third kappa shape index (κ3) is 2.95. The zero-order chi connectivity index (χ0) is 19.7. The van der Waals surface area contributed by atoms with Crippen molar-refractivity contribution in [2.75, 3.05) is 24.2 Å². The first-order valence-corrected chi connectivity index (χ1v) is 8.83. The molecule has 0 aromatic heterocycles. The number of aromatic hydroxyl groups is 1. The van der Waals surface area contributed by atoms with Gasteiger partial charge in [-0.05, 0) is 12.1 Å². The Morgan fingerprint density at radius 1 is 0.893 bits per heavy atom. The summed E-state index contributed by atoms with van der Waals surface area (Å²) in [5.41, 5.74) is 7.61. The second kappa shape index (κ2) is 7.08. The summed E-state index contributed by atoms with van der Waals surface area (Å²) in [5, 5.41) is 13.6. The first-order valence-electron chi connectivity index (χ1n) is 8.83. The fourth-order valence-electron chi connectivity index (χ4n) is 3.31. The van der Waals surface area contributed by atoms with Gasteiger partial charge in [-0.15, -0.1) is 0 Å². The molecule has 140 valence electrons. The van der Waals surface area contributed by atoms with Crippen molar-refractivity contribution in [1.29, 1.82) is 0 Å². The number of fused-ring (bicyclic) bond motifs is 2. The largest absolute Gasteiger partial charge is 0.507 e. The highest BCUT2D eigenvalue weighted by atomic mass is 16.5. The highest BCUT2D eigenvalue weighted by Crippen LogP contribution is 2.41. The third-order valence-electron chi connectivity index (χ3n) is 4.64. The standard InChI is InChI=1S/C22H18N2O4/c23-20-17(28-11-10-24-13-6-2-1-3-7-13)12-16(25)18-19(20)22(27)15-9-5-4-8-14(15)21(18)26/h1-9,12,24-25H,10-11,23H2. The number of hydrogen-bond donors (Lipinski definition) is 3. The molecule has 0 heterocycles. The van der Waals surface area contributed by atoms with E-state index in [2.05, 4.69) is 5.32 Å². The minimum absolute atomic E-state index is 0.00489. The van der Waals surface area contributed by atoms with Crippen LogP contribution >= 0.6 is 0 Å². The molecule has 0 bridgehead atoms. The molecule has 3 aromatic rings. The van der Waals surface area contributed by atoms with Crippen LogP contribution in [0.1, 0.15) is 31.8 Å². The number of nitrogens with two attached hydrogens (primary N) is 1. The molecule has 1 aliphatic rings. The topological polar surface area (TPSA) is 102 Å². The average molecular weight is 374 g/mol. The molecule has 0 spiro atoms. The van der Waals surface area contributed by atoms with E-state index in [1.165, 1.54) is 6.07 Å². The van der Waals surface area contributed by atoms with Gasteiger partial charge in [-0.2, -0.15) is 0 Å². The lowest BCUT2D eigenvalue weighted by atomic mass is 9.82. The van der Waals surface area contributed by atoms with Gasteiger partial charge < -0.3 is 20.9 Å². The summed E-state index contributed by atoms with van der Waals surface area (Å²) in [4.78, 5) is 25.6. The van der Waals surface area contributed by atoms with E-state index in [9.17, 15) is 14.7 Å². The number of nitrogen functional groups attached to an aromatic ring is 1. The Labute approximate surface area is 161 Å². The molecule has 0 saturated carbocycles. The van der Waals surface area contributed by atoms with Gasteiger partial charge in [0.15, 0.2) is 11.6 Å². The maximum Gasteiger partial charge on any atom is 0.198 e. The highest BCUT2D eigenvalue weighted by molar-refractivity contribution is 6.31. The molecule has 6 nitrogen and oxygen atoms in total. The SMILES string of the molecule is Nc1c(OCCNc2ccccc2)cc(O)c2c1C(=O)c1ccccc1C2=O. The number of phenols is 1. The van der Waals surface area contributed by atoms with Gasteiger partial charge in [0.25, 0.3) is 0 Å². The minimum atomic E-state index is -0.424. The predicted molar refractivity (Wildman–Crippen MR) is 106 cm³/mol. The van der Waals surface area contributed by atoms with E-state index in [0.29, 0.717) is 6.54 Å². The van der Waals surface area contributed by atoms with Crippen LogP contribution in [0.25, 0.3) is 0 Å². The van der Waals surface area contributed by atoms with Crippen molar-refractivity contribution < 1.29 is 19.4 Å². The van der Waals surface area contributed by atoms with E-state index in [0.717, 1.165) is 5.69 Å². The molecular formula is C22H18N2O4. The fraction of sp³-hybridized carbons (Fsp3) is 0.0909. The number of anilines is 2. The van der Waals surface area contributed by atoms with Crippen molar-refractivity contribution in [3.63, 3.8) is 0 Å². The van der Waals surface area contributed by atoms with Gasteiger partial charge in [0.1, 0.15) is 18.1 Å². The number of ketones is 2. The quantitative estimate of drug-likeness (QED) is 0.282. The monoisotopic (exact) mass is 374 g/mol. The van der Waals surface area contributed by atoms with Gasteiger partial charge in [-0.3, -0.25) is 9.59 Å². The summed E-state index contributed by atoms with van der Waals surface area (Å²) in [6.07, 6.45) is 0. The number of carbonyl (C=O) groups excluding carboxylic acids is 2. The second-order valence-electron chi connectivity index (χ2n) is 6.40. The van der Waals surface area contributed by atoms with Gasteiger partial charge in [-0.1, -0.05) is 42.5 Å². The second-order valence-corrected chi connectivity index (χ2v) is 6.40. The molecular weight excluding hydrogens is 356 g/mol. The van der Waals surface area contributed by atoms with Crippen molar-refractivity contribution in [3.8, 4) is 11.5 Å². The molecule has 6 heteroatoms. The van der Waals surface area contributed by atoms with Crippen LogP contribution in [0.4, 0.5) is 11.4 Å². The van der Waals surface area contributed by atoms with E-state index in [4.69, 9.17) is 10.5 Å². The highest BCUT2D eigenvalue weighted by Gasteiger charge is 2.35. The van der Waals surface area contributed by atoms with Gasteiger partial charge in [-0.25, -0.2) is 0 Å². The number of rotatable bonds is 5. The van der Waals surface area contributed by atoms with Crippen LogP contribution in [0.15, 0.2) is 60.7 Å². The number of carbonyl (C=O) groups is 2. The molecule has 28 heavy (non-hydrogen) atoms. The Morgan fingerprint density at radius 2 is 1.50 bits per heavy atom. The van der Waals surface area contributed by atoms with Gasteiger partial charge in [0, 0.05) is 29.4 Å². The zero-order valence-corrected chi connectivity index (χ0v) is 14.9. The van der Waals surface area contributed by atoms with Gasteiger partial charge in [0.2, 0.25) is 0 Å². The molecule has 0 fully saturated rings. The lowest BCUT2D eigenvalue weighted by Crippen LogP contribution is -2.23. The van der Waals surface area contributed by atoms with E-state index in [-0.39, 0.29) is 46.0 Å². The lowest BCUT2D eigenvalue weighted by molar-refractivity contribution is 0.0977. The Balaban J connectivity index is 1.59. The van der Waals surface area contributed by atoms with Crippen molar-refractivity contribution >= 4 is 22.9 Å². The first kappa shape index (κ1) is 17.6. The molecule has 3 aromatic carbocycles. The Morgan fingerprint density at radius 3 is 2.18 bits per heavy atom. The van der Waals surface area contributed by atoms with Crippen LogP contribution in [0.5, 0.6) is 11.5 Å². The number of phenolic OH excluding ortho intramolecular Hbond substituents is 1. The third-order valence-corrected chi connectivity index (χ3v) is 4.64. The number of benzene rings is 3. The smallest absolute Gasteiger partial charge is 0.198 e. The van der Waals surface area contributed by atoms with Crippen LogP contribution in [0.3, 0.4) is 0 Å². The molecule has 0 saturated heterocycles. The van der Waals surface area contributed by atoms with E-state index < -0.39 is 11.6 Å². The molecule has 0 unspecified atom stereocenters. The Bertz CT molecular complexity index is 1080. The van der Waals surface area contributed by atoms with Crippen molar-refractivity contribution in [2.24, 2.45) is 0 Å². The molecule has 4 N–H and O–H groups in total. The minimum Gasteiger partial charge on any atom is -0.507 e. The molecule has 4 rings (SSSR count). The molecule has 0 aliphatic heterocycles. The number of ether oxygens (including phenoxy) is 1. The summed E-state index contributed by atoms with van der Waals surface area (Å²) in [7, 11) is 0. The molecule has 1 aliphatic carbocycles. The number of nitrogens with one attached hydrogen (secondary N) is 1. The van der Waals surface area contributed by atoms with Crippen LogP contribution in [-0.4, -0.2) is 29.8 Å². The Hall–Kier alpha value is -3.80. The van der Waals surface area contributed by atoms with Crippen LogP contribution in [0, 0.1) is 0 Å². The van der Waals surface area contributed by atoms with Crippen molar-refractivity contribution in [2.45, 2.75) is 0 Å². The summed E-state index contributed by atoms with van der Waals surface area (Å²) >= 11 is 0. The summed E-state index contributed by atoms with van der Waals surface area (Å²) < 4.78 is 5.67. The van der Waals surface area contributed by atoms with E-state index in [1.54, 1.807) is 24.3 Å². The average Bonchev–Trinajstić information content (AvgIpc) is 2.72. The summed E-state index contributed by atoms with van der Waals surface area (Å²) in [6.45, 7) is 0.757. The van der Waals surface area contributed by atoms with Gasteiger partial charge in [0.05, 0.1) is 16.8 Å². The summed E-state index contributed by atoms with van der Waals surface area (Å²) in [6, 6.07) is 17.4. The van der Waals surface area contributed by atoms with Crippen LogP contribution < -0.4 is 15.8 Å². The zero-order valence-electron chi connectivity index (χ0n) is 14.9. The first-order chi connectivity index (χ1) is 13.6. The summed E-state index contributed by atoms with van der Waals surface area (Å²) in [5.74, 6) is -0.965. The maximum atomic E-state index is 12.9. The predicted octanol–water partition coefficient (Wildman–Crippen LogP) is 3.24.